The number of hydrazone groups is 1. The molecule has 0 heterocycles. The maximum absolute atomic E-state index is 6.03. The normalized spacial score (nSPS) is 11.2. The molecule has 6 heteroatoms. The number of benzene rings is 2. The number of hydrogen-bond donors (Lipinski definition) is 2. The fourth-order valence-corrected chi connectivity index (χ4v) is 2.27. The number of nitrogens with one attached hydrogen (secondary N) is 1. The van der Waals surface area contributed by atoms with Crippen LogP contribution in [0.15, 0.2) is 53.6 Å². The average Bonchev–Trinajstić information content (AvgIpc) is 2.38. The molecule has 0 aromatic heterocycles. The summed E-state index contributed by atoms with van der Waals surface area (Å²) in [6.07, 6.45) is 0. The van der Waals surface area contributed by atoms with E-state index in [9.17, 15) is 0 Å². The molecule has 0 amide bonds. The summed E-state index contributed by atoms with van der Waals surface area (Å²) in [4.78, 5) is 0. The van der Waals surface area contributed by atoms with E-state index in [1.54, 1.807) is 18.2 Å². The minimum atomic E-state index is 0.0894. The van der Waals surface area contributed by atoms with Gasteiger partial charge in [-0.05, 0) is 30.4 Å². The molecule has 0 bridgehead atoms. The first-order chi connectivity index (χ1) is 9.56. The quantitative estimate of drug-likeness (QED) is 0.515. The van der Waals surface area contributed by atoms with Crippen molar-refractivity contribution in [3.8, 4) is 0 Å². The van der Waals surface area contributed by atoms with Gasteiger partial charge < -0.3 is 5.73 Å². The fourth-order valence-electron chi connectivity index (χ4n) is 1.69. The lowest BCUT2D eigenvalue weighted by Crippen LogP contribution is -2.26. The van der Waals surface area contributed by atoms with Crippen LogP contribution in [-0.2, 0) is 0 Å². The highest BCUT2D eigenvalue weighted by Crippen LogP contribution is 2.21. The van der Waals surface area contributed by atoms with Gasteiger partial charge >= 0.3 is 0 Å². The van der Waals surface area contributed by atoms with Gasteiger partial charge in [0.05, 0.1) is 5.71 Å². The Hall–Kier alpha value is -1.62. The molecule has 102 valence electrons. The number of rotatable bonds is 3. The molecule has 2 aromatic rings. The van der Waals surface area contributed by atoms with Crippen molar-refractivity contribution in [3.63, 3.8) is 0 Å². The Balaban J connectivity index is 2.51. The van der Waals surface area contributed by atoms with Gasteiger partial charge in [0.15, 0.2) is 5.11 Å². The minimum absolute atomic E-state index is 0.0894. The molecule has 0 fully saturated rings. The smallest absolute Gasteiger partial charge is 0.184 e. The van der Waals surface area contributed by atoms with E-state index in [0.29, 0.717) is 15.8 Å². The Kier molecular flexibility index (Phi) is 4.95. The van der Waals surface area contributed by atoms with Gasteiger partial charge in [-0.1, -0.05) is 53.5 Å². The second-order valence-corrected chi connectivity index (χ2v) is 5.27. The molecule has 2 aromatic carbocycles. The van der Waals surface area contributed by atoms with E-state index < -0.39 is 0 Å². The van der Waals surface area contributed by atoms with Crippen LogP contribution in [0.3, 0.4) is 0 Å². The Morgan fingerprint density at radius 1 is 1.00 bits per heavy atom. The third kappa shape index (κ3) is 3.93. The highest BCUT2D eigenvalue weighted by molar-refractivity contribution is 7.80. The van der Waals surface area contributed by atoms with E-state index in [1.165, 1.54) is 0 Å². The third-order valence-electron chi connectivity index (χ3n) is 2.46. The molecular formula is C14H11Cl2N3S. The zero-order chi connectivity index (χ0) is 14.5. The van der Waals surface area contributed by atoms with E-state index in [-0.39, 0.29) is 5.11 Å². The van der Waals surface area contributed by atoms with E-state index in [1.807, 2.05) is 30.3 Å². The predicted octanol–water partition coefficient (Wildman–Crippen LogP) is 3.58. The van der Waals surface area contributed by atoms with E-state index in [2.05, 4.69) is 10.5 Å². The number of thiocarbonyl (C=S) groups is 1. The first kappa shape index (κ1) is 14.8. The summed E-state index contributed by atoms with van der Waals surface area (Å²) in [7, 11) is 0. The SMILES string of the molecule is NC(=S)N/N=C(/c1ccccc1)c1cc(Cl)cc(Cl)c1. The van der Waals surface area contributed by atoms with Crippen molar-refractivity contribution < 1.29 is 0 Å². The molecule has 20 heavy (non-hydrogen) atoms. The highest BCUT2D eigenvalue weighted by atomic mass is 35.5. The minimum Gasteiger partial charge on any atom is -0.375 e. The van der Waals surface area contributed by atoms with Crippen LogP contribution in [0.5, 0.6) is 0 Å². The second kappa shape index (κ2) is 6.70. The second-order valence-electron chi connectivity index (χ2n) is 3.96. The Morgan fingerprint density at radius 3 is 2.15 bits per heavy atom. The van der Waals surface area contributed by atoms with Gasteiger partial charge in [0.1, 0.15) is 0 Å². The molecule has 0 radical (unpaired) electrons. The van der Waals surface area contributed by atoms with Crippen molar-refractivity contribution in [1.29, 1.82) is 0 Å². The van der Waals surface area contributed by atoms with Crippen LogP contribution in [0.2, 0.25) is 10.0 Å². The number of nitrogens with zero attached hydrogens (tertiary/aromatic N) is 1. The molecule has 0 aliphatic carbocycles. The van der Waals surface area contributed by atoms with Gasteiger partial charge in [0.2, 0.25) is 0 Å². The Morgan fingerprint density at radius 2 is 1.60 bits per heavy atom. The first-order valence-electron chi connectivity index (χ1n) is 5.71. The van der Waals surface area contributed by atoms with Crippen molar-refractivity contribution in [2.24, 2.45) is 10.8 Å². The van der Waals surface area contributed by atoms with Crippen LogP contribution in [0.4, 0.5) is 0 Å². The largest absolute Gasteiger partial charge is 0.375 e. The molecule has 0 unspecified atom stereocenters. The van der Waals surface area contributed by atoms with Crippen LogP contribution < -0.4 is 11.2 Å². The molecule has 0 spiro atoms. The fraction of sp³-hybridized carbons (Fsp3) is 0. The van der Waals surface area contributed by atoms with Crippen molar-refractivity contribution >= 4 is 46.2 Å². The molecule has 2 rings (SSSR count). The van der Waals surface area contributed by atoms with E-state index in [4.69, 9.17) is 41.2 Å². The average molecular weight is 324 g/mol. The molecule has 0 saturated heterocycles. The summed E-state index contributed by atoms with van der Waals surface area (Å²) < 4.78 is 0. The van der Waals surface area contributed by atoms with Gasteiger partial charge in [-0.3, -0.25) is 5.43 Å². The maximum atomic E-state index is 6.03. The highest BCUT2D eigenvalue weighted by Gasteiger charge is 2.09. The van der Waals surface area contributed by atoms with Gasteiger partial charge in [-0.15, -0.1) is 0 Å². The maximum Gasteiger partial charge on any atom is 0.184 e. The Labute approximate surface area is 132 Å². The van der Waals surface area contributed by atoms with Crippen molar-refractivity contribution in [2.75, 3.05) is 0 Å². The number of hydrogen-bond acceptors (Lipinski definition) is 2. The summed E-state index contributed by atoms with van der Waals surface area (Å²) in [6, 6.07) is 14.8. The number of nitrogens with two attached hydrogens (primary N) is 1. The van der Waals surface area contributed by atoms with E-state index >= 15 is 0 Å². The predicted molar refractivity (Wildman–Crippen MR) is 88.5 cm³/mol. The molecule has 0 aliphatic heterocycles. The molecule has 0 atom stereocenters. The van der Waals surface area contributed by atoms with Crippen LogP contribution in [0, 0.1) is 0 Å². The zero-order valence-electron chi connectivity index (χ0n) is 10.3. The lowest BCUT2D eigenvalue weighted by molar-refractivity contribution is 1.03. The molecule has 0 aliphatic rings. The summed E-state index contributed by atoms with van der Waals surface area (Å²) >= 11 is 16.8. The van der Waals surface area contributed by atoms with Crippen molar-refractivity contribution in [3.05, 3.63) is 69.7 Å². The first-order valence-corrected chi connectivity index (χ1v) is 6.87. The van der Waals surface area contributed by atoms with Crippen LogP contribution in [0.1, 0.15) is 11.1 Å². The third-order valence-corrected chi connectivity index (χ3v) is 2.99. The Bertz CT molecular complexity index is 636. The lowest BCUT2D eigenvalue weighted by Gasteiger charge is -2.09. The monoisotopic (exact) mass is 323 g/mol. The molecule has 3 N–H and O–H groups in total. The summed E-state index contributed by atoms with van der Waals surface area (Å²) in [5.41, 5.74) is 10.3. The topological polar surface area (TPSA) is 50.4 Å². The summed E-state index contributed by atoms with van der Waals surface area (Å²) in [5, 5.41) is 5.39. The van der Waals surface area contributed by atoms with Crippen molar-refractivity contribution in [1.82, 2.24) is 5.43 Å². The molecule has 3 nitrogen and oxygen atoms in total. The van der Waals surface area contributed by atoms with Crippen LogP contribution >= 0.6 is 35.4 Å². The van der Waals surface area contributed by atoms with Gasteiger partial charge in [-0.25, -0.2) is 0 Å². The summed E-state index contributed by atoms with van der Waals surface area (Å²) in [5.74, 6) is 0. The van der Waals surface area contributed by atoms with Crippen LogP contribution in [-0.4, -0.2) is 10.8 Å². The summed E-state index contributed by atoms with van der Waals surface area (Å²) in [6.45, 7) is 0. The van der Waals surface area contributed by atoms with Crippen molar-refractivity contribution in [2.45, 2.75) is 0 Å². The number of halogens is 2. The van der Waals surface area contributed by atoms with Gasteiger partial charge in [0, 0.05) is 21.2 Å². The van der Waals surface area contributed by atoms with Gasteiger partial charge in [0.25, 0.3) is 0 Å². The molecule has 0 saturated carbocycles. The van der Waals surface area contributed by atoms with E-state index in [0.717, 1.165) is 11.1 Å². The van der Waals surface area contributed by atoms with Crippen LogP contribution in [0.25, 0.3) is 0 Å². The lowest BCUT2D eigenvalue weighted by atomic mass is 10.0. The van der Waals surface area contributed by atoms with Gasteiger partial charge in [-0.2, -0.15) is 5.10 Å². The standard InChI is InChI=1S/C14H11Cl2N3S/c15-11-6-10(7-12(16)8-11)13(18-19-14(17)20)9-4-2-1-3-5-9/h1-8H,(H3,17,19,20)/b18-13-. The molecular weight excluding hydrogens is 313 g/mol. The zero-order valence-corrected chi connectivity index (χ0v) is 12.6.